The van der Waals surface area contributed by atoms with E-state index in [2.05, 4.69) is 15.3 Å². The van der Waals surface area contributed by atoms with Crippen molar-refractivity contribution in [2.75, 3.05) is 20.3 Å². The van der Waals surface area contributed by atoms with Gasteiger partial charge < -0.3 is 30.0 Å². The normalized spacial score (nSPS) is 17.4. The fraction of sp³-hybridized carbons (Fsp3) is 0.267. The third-order valence-electron chi connectivity index (χ3n) is 7.59. The quantitative estimate of drug-likeness (QED) is 0.250. The Bertz CT molecular complexity index is 1760. The van der Waals surface area contributed by atoms with Crippen molar-refractivity contribution in [3.63, 3.8) is 0 Å². The minimum absolute atomic E-state index is 0.0376. The average Bonchev–Trinajstić information content (AvgIpc) is 3.58. The van der Waals surface area contributed by atoms with E-state index >= 15 is 0 Å². The number of nitrogens with one attached hydrogen (secondary N) is 1. The van der Waals surface area contributed by atoms with Crippen LogP contribution in [0.1, 0.15) is 34.2 Å². The van der Waals surface area contributed by atoms with Crippen LogP contribution in [-0.4, -0.2) is 53.3 Å². The van der Waals surface area contributed by atoms with E-state index in [0.717, 1.165) is 18.2 Å². The lowest BCUT2D eigenvalue weighted by Gasteiger charge is -2.31. The van der Waals surface area contributed by atoms with E-state index in [1.54, 1.807) is 6.92 Å². The molecule has 0 aliphatic carbocycles. The van der Waals surface area contributed by atoms with Crippen LogP contribution >= 0.6 is 0 Å². The number of primary amides is 1. The largest absolute Gasteiger partial charge is 0.496 e. The first-order valence-corrected chi connectivity index (χ1v) is 13.1. The lowest BCUT2D eigenvalue weighted by atomic mass is 9.81. The zero-order valence-corrected chi connectivity index (χ0v) is 23.6. The van der Waals surface area contributed by atoms with Crippen LogP contribution in [0, 0.1) is 12.7 Å². The molecule has 230 valence electrons. The summed E-state index contributed by atoms with van der Waals surface area (Å²) in [7, 11) is 1.34. The summed E-state index contributed by atoms with van der Waals surface area (Å²) < 4.78 is 74.0. The van der Waals surface area contributed by atoms with Gasteiger partial charge in [-0.15, -0.1) is 0 Å². The number of alkyl halides is 3. The molecule has 2 aromatic heterocycles. The molecule has 0 saturated heterocycles. The van der Waals surface area contributed by atoms with E-state index < -0.39 is 47.1 Å². The molecule has 0 bridgehead atoms. The molecule has 0 radical (unpaired) electrons. The molecular formula is C30H26F4N4O6. The predicted molar refractivity (Wildman–Crippen MR) is 147 cm³/mol. The van der Waals surface area contributed by atoms with Crippen molar-refractivity contribution in [3.8, 4) is 34.1 Å². The number of halogens is 4. The van der Waals surface area contributed by atoms with Crippen LogP contribution in [0.25, 0.3) is 22.6 Å². The van der Waals surface area contributed by atoms with Gasteiger partial charge in [-0.2, -0.15) is 13.2 Å². The summed E-state index contributed by atoms with van der Waals surface area (Å²) in [5.74, 6) is -1.92. The number of carbonyl (C=O) groups is 2. The van der Waals surface area contributed by atoms with Crippen LogP contribution in [0.4, 0.5) is 17.6 Å². The second-order valence-corrected chi connectivity index (χ2v) is 10.4. The number of aliphatic hydroxyl groups is 1. The van der Waals surface area contributed by atoms with Gasteiger partial charge in [-0.05, 0) is 62.4 Å². The van der Waals surface area contributed by atoms with E-state index in [-0.39, 0.29) is 40.5 Å². The van der Waals surface area contributed by atoms with Crippen molar-refractivity contribution >= 4 is 11.8 Å². The third kappa shape index (κ3) is 5.10. The summed E-state index contributed by atoms with van der Waals surface area (Å²) in [5, 5.41) is 13.3. The molecule has 3 heterocycles. The smallest absolute Gasteiger partial charge is 0.424 e. The van der Waals surface area contributed by atoms with Gasteiger partial charge in [0, 0.05) is 16.7 Å². The second kappa shape index (κ2) is 10.9. The van der Waals surface area contributed by atoms with Gasteiger partial charge in [0.05, 0.1) is 30.6 Å². The zero-order valence-electron chi connectivity index (χ0n) is 23.6. The van der Waals surface area contributed by atoms with Crippen molar-refractivity contribution in [3.05, 3.63) is 83.3 Å². The fourth-order valence-corrected chi connectivity index (χ4v) is 4.83. The van der Waals surface area contributed by atoms with E-state index in [9.17, 15) is 32.3 Å². The van der Waals surface area contributed by atoms with Crippen LogP contribution in [-0.2, 0) is 15.8 Å². The number of hydrogen-bond acceptors (Lipinski definition) is 8. The number of nitrogens with two attached hydrogens (primary N) is 1. The van der Waals surface area contributed by atoms with Crippen LogP contribution in [0.2, 0.25) is 0 Å². The Morgan fingerprint density at radius 1 is 1.16 bits per heavy atom. The maximum atomic E-state index is 14.6. The molecule has 1 aliphatic rings. The number of pyridine rings is 1. The van der Waals surface area contributed by atoms with Crippen molar-refractivity contribution in [2.24, 2.45) is 5.73 Å². The van der Waals surface area contributed by atoms with Crippen molar-refractivity contribution < 1.29 is 46.1 Å². The number of carbonyl (C=O) groups excluding carboxylic acids is 2. The van der Waals surface area contributed by atoms with Gasteiger partial charge >= 0.3 is 6.18 Å². The number of rotatable bonds is 8. The minimum atomic E-state index is -5.37. The highest BCUT2D eigenvalue weighted by Crippen LogP contribution is 2.47. The monoisotopic (exact) mass is 614 g/mol. The highest BCUT2D eigenvalue weighted by molar-refractivity contribution is 5.95. The molecule has 1 unspecified atom stereocenters. The van der Waals surface area contributed by atoms with Crippen LogP contribution < -0.4 is 20.5 Å². The van der Waals surface area contributed by atoms with E-state index in [4.69, 9.17) is 19.6 Å². The lowest BCUT2D eigenvalue weighted by Crippen LogP contribution is -2.51. The van der Waals surface area contributed by atoms with Crippen LogP contribution in [0.3, 0.4) is 0 Å². The number of hydrogen-bond donors (Lipinski definition) is 3. The Labute approximate surface area is 247 Å². The molecule has 4 aromatic rings. The number of fused-ring (bicyclic) bond motifs is 1. The molecule has 1 aliphatic heterocycles. The Kier molecular flexibility index (Phi) is 7.58. The van der Waals surface area contributed by atoms with E-state index in [1.165, 1.54) is 50.8 Å². The number of benzene rings is 2. The average molecular weight is 615 g/mol. The van der Waals surface area contributed by atoms with Crippen molar-refractivity contribution in [2.45, 2.75) is 31.0 Å². The maximum absolute atomic E-state index is 14.6. The molecule has 0 saturated carbocycles. The fourth-order valence-electron chi connectivity index (χ4n) is 4.83. The van der Waals surface area contributed by atoms with Crippen LogP contribution in [0.5, 0.6) is 11.5 Å². The van der Waals surface area contributed by atoms with Gasteiger partial charge in [-0.3, -0.25) is 9.59 Å². The highest BCUT2D eigenvalue weighted by Gasteiger charge is 2.57. The van der Waals surface area contributed by atoms with Gasteiger partial charge in [0.25, 0.3) is 5.91 Å². The number of ether oxygens (including phenoxy) is 2. The Morgan fingerprint density at radius 3 is 2.45 bits per heavy atom. The van der Waals surface area contributed by atoms with Crippen LogP contribution in [0.15, 0.2) is 59.3 Å². The number of methoxy groups -OCH3 is 1. The summed E-state index contributed by atoms with van der Waals surface area (Å²) in [4.78, 5) is 33.5. The molecule has 10 nitrogen and oxygen atoms in total. The van der Waals surface area contributed by atoms with E-state index in [1.807, 2.05) is 0 Å². The maximum Gasteiger partial charge on any atom is 0.424 e. The van der Waals surface area contributed by atoms with Crippen molar-refractivity contribution in [1.29, 1.82) is 0 Å². The van der Waals surface area contributed by atoms with Gasteiger partial charge in [0.1, 0.15) is 35.0 Å². The molecular weight excluding hydrogens is 588 g/mol. The molecule has 5 rings (SSSR count). The molecule has 2 aromatic carbocycles. The van der Waals surface area contributed by atoms with Gasteiger partial charge in [-0.1, -0.05) is 0 Å². The summed E-state index contributed by atoms with van der Waals surface area (Å²) in [6, 6.07) is 9.67. The highest BCUT2D eigenvalue weighted by atomic mass is 19.4. The first-order valence-electron chi connectivity index (χ1n) is 13.1. The van der Waals surface area contributed by atoms with Gasteiger partial charge in [0.15, 0.2) is 12.2 Å². The number of oxazole rings is 1. The second-order valence-electron chi connectivity index (χ2n) is 10.4. The summed E-state index contributed by atoms with van der Waals surface area (Å²) >= 11 is 0. The van der Waals surface area contributed by atoms with E-state index in [0.29, 0.717) is 17.0 Å². The summed E-state index contributed by atoms with van der Waals surface area (Å²) in [6.07, 6.45) is -4.13. The topological polar surface area (TPSA) is 150 Å². The zero-order chi connectivity index (χ0) is 32.0. The molecule has 2 amide bonds. The minimum Gasteiger partial charge on any atom is -0.496 e. The Balaban J connectivity index is 1.54. The number of aryl methyl sites for hydroxylation is 1. The summed E-state index contributed by atoms with van der Waals surface area (Å²) in [6.45, 7) is 1.42. The first kappa shape index (κ1) is 30.5. The predicted octanol–water partition coefficient (Wildman–Crippen LogP) is 4.18. The van der Waals surface area contributed by atoms with Gasteiger partial charge in [0.2, 0.25) is 11.5 Å². The first-order chi connectivity index (χ1) is 20.7. The SMILES string of the molecule is COc1cc(C(=O)NCC(O)(c2cc3c(c(-c4ccc(F)cc4)n2)OC[C@]3(C)C(N)=O)C(F)(F)F)ccc1-c1ocnc1C. The molecule has 2 atom stereocenters. The number of amides is 2. The molecule has 44 heavy (non-hydrogen) atoms. The Hall–Kier alpha value is -4.98. The van der Waals surface area contributed by atoms with Crippen molar-refractivity contribution in [1.82, 2.24) is 15.3 Å². The lowest BCUT2D eigenvalue weighted by molar-refractivity contribution is -0.265. The molecule has 0 fully saturated rings. The standard InChI is InChI=1S/C30H26F4N4O6/c1-15-24(44-14-37-15)19-9-6-17(10-21(19)42-3)26(39)36-12-29(41,30(32,33)34)22-11-20-25(43-13-28(20,2)27(35)40)23(38-22)16-4-7-18(31)8-5-16/h4-11,14,41H,12-13H2,1-3H3,(H2,35,40)(H,36,39)/t28-,29?/m0/s1. The molecule has 4 N–H and O–H groups in total. The molecule has 14 heteroatoms. The Morgan fingerprint density at radius 2 is 1.86 bits per heavy atom. The number of nitrogens with zero attached hydrogens (tertiary/aromatic N) is 2. The number of aromatic nitrogens is 2. The molecule has 0 spiro atoms. The summed E-state index contributed by atoms with van der Waals surface area (Å²) in [5.41, 5.74) is 0.199. The third-order valence-corrected chi connectivity index (χ3v) is 7.59. The van der Waals surface area contributed by atoms with Gasteiger partial charge in [-0.25, -0.2) is 14.4 Å².